The Bertz CT molecular complexity index is 368. The molecule has 1 fully saturated rings. The van der Waals surface area contributed by atoms with E-state index in [0.29, 0.717) is 13.0 Å². The fraction of sp³-hybridized carbons (Fsp3) is 0.769. The Morgan fingerprint density at radius 1 is 1.26 bits per heavy atom. The average molecular weight is 269 g/mol. The van der Waals surface area contributed by atoms with Crippen LogP contribution in [0.1, 0.15) is 33.6 Å². The van der Waals surface area contributed by atoms with Crippen molar-refractivity contribution in [1.29, 1.82) is 0 Å². The van der Waals surface area contributed by atoms with Gasteiger partial charge in [-0.3, -0.25) is 14.4 Å². The van der Waals surface area contributed by atoms with Crippen LogP contribution < -0.4 is 10.6 Å². The first-order valence-corrected chi connectivity index (χ1v) is 6.67. The van der Waals surface area contributed by atoms with E-state index >= 15 is 0 Å². The van der Waals surface area contributed by atoms with Crippen molar-refractivity contribution in [2.24, 2.45) is 5.92 Å². The van der Waals surface area contributed by atoms with Gasteiger partial charge in [-0.25, -0.2) is 0 Å². The fourth-order valence-corrected chi connectivity index (χ4v) is 2.38. The molecule has 19 heavy (non-hydrogen) atoms. The van der Waals surface area contributed by atoms with Crippen molar-refractivity contribution in [2.75, 3.05) is 13.6 Å². The lowest BCUT2D eigenvalue weighted by Crippen LogP contribution is -2.54. The number of carbonyl (C=O) groups excluding carboxylic acids is 3. The summed E-state index contributed by atoms with van der Waals surface area (Å²) in [6.45, 7) is 5.72. The summed E-state index contributed by atoms with van der Waals surface area (Å²) in [5, 5.41) is 5.25. The van der Waals surface area contributed by atoms with Crippen LogP contribution >= 0.6 is 0 Å². The number of likely N-dealkylation sites (tertiary alicyclic amines) is 1. The summed E-state index contributed by atoms with van der Waals surface area (Å²) >= 11 is 0. The lowest BCUT2D eigenvalue weighted by Gasteiger charge is -2.30. The Hall–Kier alpha value is -1.59. The van der Waals surface area contributed by atoms with Gasteiger partial charge in [0.2, 0.25) is 17.7 Å². The van der Waals surface area contributed by atoms with Crippen molar-refractivity contribution in [2.45, 2.75) is 45.7 Å². The van der Waals surface area contributed by atoms with E-state index in [-0.39, 0.29) is 23.6 Å². The maximum Gasteiger partial charge on any atom is 0.246 e. The molecule has 0 aliphatic carbocycles. The molecule has 0 aromatic carbocycles. The van der Waals surface area contributed by atoms with E-state index < -0.39 is 12.1 Å². The SMILES string of the molecule is CNC(=O)[C@@H]1CCCN1C(=O)[C@H](NC(C)=O)C(C)C. The number of nitrogens with one attached hydrogen (secondary N) is 2. The Labute approximate surface area is 113 Å². The van der Waals surface area contributed by atoms with Crippen molar-refractivity contribution >= 4 is 17.7 Å². The molecule has 6 heteroatoms. The predicted octanol–water partition coefficient (Wildman–Crippen LogP) is -0.116. The van der Waals surface area contributed by atoms with E-state index in [1.165, 1.54) is 6.92 Å². The molecule has 1 aliphatic rings. The molecule has 0 aromatic heterocycles. The number of amides is 3. The zero-order valence-electron chi connectivity index (χ0n) is 12.0. The van der Waals surface area contributed by atoms with E-state index in [9.17, 15) is 14.4 Å². The van der Waals surface area contributed by atoms with Gasteiger partial charge in [0.25, 0.3) is 0 Å². The summed E-state index contributed by atoms with van der Waals surface area (Å²) in [6, 6.07) is -0.977. The number of likely N-dealkylation sites (N-methyl/N-ethyl adjacent to an activating group) is 1. The minimum atomic E-state index is -0.567. The molecule has 0 spiro atoms. The van der Waals surface area contributed by atoms with Crippen LogP contribution in [0.5, 0.6) is 0 Å². The van der Waals surface area contributed by atoms with E-state index in [1.807, 2.05) is 13.8 Å². The molecule has 6 nitrogen and oxygen atoms in total. The van der Waals surface area contributed by atoms with Gasteiger partial charge >= 0.3 is 0 Å². The first-order valence-electron chi connectivity index (χ1n) is 6.67. The molecule has 0 bridgehead atoms. The molecule has 0 radical (unpaired) electrons. The van der Waals surface area contributed by atoms with E-state index in [1.54, 1.807) is 11.9 Å². The molecular formula is C13H23N3O3. The first-order chi connectivity index (χ1) is 8.88. The van der Waals surface area contributed by atoms with Crippen molar-refractivity contribution < 1.29 is 14.4 Å². The van der Waals surface area contributed by atoms with Crippen LogP contribution in [0, 0.1) is 5.92 Å². The molecule has 2 atom stereocenters. The zero-order chi connectivity index (χ0) is 14.6. The Kier molecular flexibility index (Phi) is 5.32. The predicted molar refractivity (Wildman–Crippen MR) is 71.2 cm³/mol. The second-order valence-electron chi connectivity index (χ2n) is 5.23. The highest BCUT2D eigenvalue weighted by Gasteiger charge is 2.37. The third-order valence-corrected chi connectivity index (χ3v) is 3.38. The lowest BCUT2D eigenvalue weighted by atomic mass is 10.0. The third-order valence-electron chi connectivity index (χ3n) is 3.38. The van der Waals surface area contributed by atoms with Gasteiger partial charge in [-0.2, -0.15) is 0 Å². The van der Waals surface area contributed by atoms with Crippen molar-refractivity contribution in [1.82, 2.24) is 15.5 Å². The molecule has 1 saturated heterocycles. The highest BCUT2D eigenvalue weighted by atomic mass is 16.2. The second kappa shape index (κ2) is 6.54. The minimum absolute atomic E-state index is 0.0117. The maximum absolute atomic E-state index is 12.5. The molecule has 1 rings (SSSR count). The van der Waals surface area contributed by atoms with Gasteiger partial charge in [-0.05, 0) is 18.8 Å². The smallest absolute Gasteiger partial charge is 0.246 e. The summed E-state index contributed by atoms with van der Waals surface area (Å²) in [6.07, 6.45) is 1.49. The van der Waals surface area contributed by atoms with Crippen LogP contribution in [0.15, 0.2) is 0 Å². The molecule has 0 saturated carbocycles. The van der Waals surface area contributed by atoms with Crippen molar-refractivity contribution in [3.8, 4) is 0 Å². The summed E-state index contributed by atoms with van der Waals surface area (Å²) in [5.74, 6) is -0.558. The van der Waals surface area contributed by atoms with Gasteiger partial charge in [0.05, 0.1) is 0 Å². The number of hydrogen-bond donors (Lipinski definition) is 2. The van der Waals surface area contributed by atoms with Gasteiger partial charge in [0.1, 0.15) is 12.1 Å². The summed E-state index contributed by atoms with van der Waals surface area (Å²) in [5.41, 5.74) is 0. The second-order valence-corrected chi connectivity index (χ2v) is 5.23. The van der Waals surface area contributed by atoms with E-state index in [4.69, 9.17) is 0 Å². The largest absolute Gasteiger partial charge is 0.357 e. The zero-order valence-corrected chi connectivity index (χ0v) is 12.0. The molecule has 108 valence electrons. The Morgan fingerprint density at radius 2 is 1.89 bits per heavy atom. The topological polar surface area (TPSA) is 78.5 Å². The van der Waals surface area contributed by atoms with Gasteiger partial charge in [0.15, 0.2) is 0 Å². The van der Waals surface area contributed by atoms with Crippen molar-refractivity contribution in [3.63, 3.8) is 0 Å². The summed E-state index contributed by atoms with van der Waals surface area (Å²) < 4.78 is 0. The minimum Gasteiger partial charge on any atom is -0.357 e. The van der Waals surface area contributed by atoms with E-state index in [0.717, 1.165) is 6.42 Å². The number of hydrogen-bond acceptors (Lipinski definition) is 3. The van der Waals surface area contributed by atoms with E-state index in [2.05, 4.69) is 10.6 Å². The molecule has 1 heterocycles. The average Bonchev–Trinajstić information content (AvgIpc) is 2.82. The number of rotatable bonds is 4. The molecule has 3 amide bonds. The highest BCUT2D eigenvalue weighted by molar-refractivity contribution is 5.92. The number of carbonyl (C=O) groups is 3. The fourth-order valence-electron chi connectivity index (χ4n) is 2.38. The number of nitrogens with zero attached hydrogens (tertiary/aromatic N) is 1. The summed E-state index contributed by atoms with van der Waals surface area (Å²) in [7, 11) is 1.57. The molecular weight excluding hydrogens is 246 g/mol. The van der Waals surface area contributed by atoms with Crippen LogP contribution in [-0.2, 0) is 14.4 Å². The highest BCUT2D eigenvalue weighted by Crippen LogP contribution is 2.20. The normalized spacial score (nSPS) is 20.3. The van der Waals surface area contributed by atoms with Gasteiger partial charge in [-0.1, -0.05) is 13.8 Å². The van der Waals surface area contributed by atoms with Crippen LogP contribution in [0.2, 0.25) is 0 Å². The van der Waals surface area contributed by atoms with Crippen LogP contribution in [0.25, 0.3) is 0 Å². The Morgan fingerprint density at radius 3 is 2.37 bits per heavy atom. The third kappa shape index (κ3) is 3.68. The first kappa shape index (κ1) is 15.5. The lowest BCUT2D eigenvalue weighted by molar-refractivity contribution is -0.142. The quantitative estimate of drug-likeness (QED) is 0.747. The summed E-state index contributed by atoms with van der Waals surface area (Å²) in [4.78, 5) is 37.0. The van der Waals surface area contributed by atoms with Gasteiger partial charge < -0.3 is 15.5 Å². The van der Waals surface area contributed by atoms with Crippen LogP contribution in [0.3, 0.4) is 0 Å². The molecule has 0 aromatic rings. The Balaban J connectivity index is 2.83. The van der Waals surface area contributed by atoms with Gasteiger partial charge in [-0.15, -0.1) is 0 Å². The molecule has 1 aliphatic heterocycles. The van der Waals surface area contributed by atoms with Crippen LogP contribution in [0.4, 0.5) is 0 Å². The van der Waals surface area contributed by atoms with Gasteiger partial charge in [0, 0.05) is 20.5 Å². The van der Waals surface area contributed by atoms with Crippen LogP contribution in [-0.4, -0.2) is 48.3 Å². The van der Waals surface area contributed by atoms with Crippen molar-refractivity contribution in [3.05, 3.63) is 0 Å². The maximum atomic E-state index is 12.5. The molecule has 0 unspecified atom stereocenters. The molecule has 2 N–H and O–H groups in total. The monoisotopic (exact) mass is 269 g/mol. The standard InChI is InChI=1S/C13H23N3O3/c1-8(2)11(15-9(3)17)13(19)16-7-5-6-10(16)12(18)14-4/h8,10-11H,5-7H2,1-4H3,(H,14,18)(H,15,17)/t10-,11+/m0/s1.